The number of hydrogen-bond donors (Lipinski definition) is 1. The van der Waals surface area contributed by atoms with E-state index in [2.05, 4.69) is 5.32 Å². The van der Waals surface area contributed by atoms with Crippen molar-refractivity contribution in [2.75, 3.05) is 18.1 Å². The van der Waals surface area contributed by atoms with Gasteiger partial charge in [0.05, 0.1) is 12.1 Å². The highest BCUT2D eigenvalue weighted by Gasteiger charge is 2.30. The minimum Gasteiger partial charge on any atom is -0.482 e. The van der Waals surface area contributed by atoms with Crippen LogP contribution in [-0.2, 0) is 19.1 Å². The summed E-state index contributed by atoms with van der Waals surface area (Å²) in [4.78, 5) is 38.9. The van der Waals surface area contributed by atoms with Crippen molar-refractivity contribution in [2.45, 2.75) is 65.0 Å². The van der Waals surface area contributed by atoms with Crippen LogP contribution >= 0.6 is 0 Å². The van der Waals surface area contributed by atoms with E-state index in [1.165, 1.54) is 0 Å². The van der Waals surface area contributed by atoms with Crippen molar-refractivity contribution in [3.05, 3.63) is 23.8 Å². The number of aryl methyl sites for hydroxylation is 1. The van der Waals surface area contributed by atoms with Gasteiger partial charge in [-0.05, 0) is 43.4 Å². The first-order valence-corrected chi connectivity index (χ1v) is 10.4. The molecule has 0 spiro atoms. The first kappa shape index (κ1) is 21.1. The van der Waals surface area contributed by atoms with Gasteiger partial charge in [0.2, 0.25) is 0 Å². The summed E-state index contributed by atoms with van der Waals surface area (Å²) in [5.41, 5.74) is 1.66. The lowest BCUT2D eigenvalue weighted by Gasteiger charge is -2.29. The minimum atomic E-state index is -0.821. The second-order valence-corrected chi connectivity index (χ2v) is 8.20. The number of amides is 2. The highest BCUT2D eigenvalue weighted by molar-refractivity contribution is 5.98. The molecule has 7 heteroatoms. The second kappa shape index (κ2) is 9.29. The Labute approximate surface area is 171 Å². The molecule has 1 N–H and O–H groups in total. The van der Waals surface area contributed by atoms with E-state index >= 15 is 0 Å². The molecule has 1 aromatic carbocycles. The van der Waals surface area contributed by atoms with E-state index < -0.39 is 12.1 Å². The number of nitrogens with one attached hydrogen (secondary N) is 1. The summed E-state index contributed by atoms with van der Waals surface area (Å²) < 4.78 is 11.0. The van der Waals surface area contributed by atoms with E-state index in [9.17, 15) is 14.4 Å². The number of esters is 1. The van der Waals surface area contributed by atoms with E-state index in [-0.39, 0.29) is 43.3 Å². The number of carbonyl (C=O) groups is 3. The van der Waals surface area contributed by atoms with Gasteiger partial charge in [0.15, 0.2) is 12.7 Å². The molecule has 2 amide bonds. The molecule has 29 heavy (non-hydrogen) atoms. The number of hydrogen-bond acceptors (Lipinski definition) is 5. The zero-order valence-corrected chi connectivity index (χ0v) is 17.4. The molecule has 0 bridgehead atoms. The van der Waals surface area contributed by atoms with Crippen molar-refractivity contribution >= 4 is 23.5 Å². The van der Waals surface area contributed by atoms with Crippen LogP contribution in [0.25, 0.3) is 0 Å². The average molecular weight is 402 g/mol. The summed E-state index contributed by atoms with van der Waals surface area (Å²) in [6.07, 6.45) is 3.37. The van der Waals surface area contributed by atoms with Gasteiger partial charge in [0.1, 0.15) is 5.75 Å². The topological polar surface area (TPSA) is 84.9 Å². The fraction of sp³-hybridized carbons (Fsp3) is 0.591. The van der Waals surface area contributed by atoms with Gasteiger partial charge >= 0.3 is 5.97 Å². The molecule has 158 valence electrons. The molecule has 1 aliphatic carbocycles. The molecule has 0 radical (unpaired) electrons. The van der Waals surface area contributed by atoms with E-state index in [0.29, 0.717) is 11.4 Å². The zero-order chi connectivity index (χ0) is 21.0. The molecule has 1 heterocycles. The Kier molecular flexibility index (Phi) is 6.77. The summed E-state index contributed by atoms with van der Waals surface area (Å²) in [6, 6.07) is 5.78. The molecule has 0 aromatic heterocycles. The van der Waals surface area contributed by atoms with Crippen molar-refractivity contribution in [1.82, 2.24) is 5.32 Å². The van der Waals surface area contributed by atoms with Crippen molar-refractivity contribution in [3.63, 3.8) is 0 Å². The predicted octanol–water partition coefficient (Wildman–Crippen LogP) is 2.74. The zero-order valence-electron chi connectivity index (χ0n) is 17.4. The SMILES string of the molecule is Cc1ccc2c(c1)N(CCC(=O)OC(C(=O)NC1CCCC1)C(C)C)C(=O)CO2. The fourth-order valence-corrected chi connectivity index (χ4v) is 3.81. The first-order chi connectivity index (χ1) is 13.8. The Morgan fingerprint density at radius 3 is 2.69 bits per heavy atom. The first-order valence-electron chi connectivity index (χ1n) is 10.4. The van der Waals surface area contributed by atoms with Gasteiger partial charge in [-0.15, -0.1) is 0 Å². The van der Waals surface area contributed by atoms with Crippen LogP contribution in [0.2, 0.25) is 0 Å². The van der Waals surface area contributed by atoms with Gasteiger partial charge in [-0.2, -0.15) is 0 Å². The standard InChI is InChI=1S/C22H30N2O5/c1-14(2)21(22(27)23-16-6-4-5-7-16)29-20(26)10-11-24-17-12-15(3)8-9-18(17)28-13-19(24)25/h8-9,12,14,16,21H,4-7,10-11,13H2,1-3H3,(H,23,27). The number of benzene rings is 1. The van der Waals surface area contributed by atoms with Crippen LogP contribution in [0.3, 0.4) is 0 Å². The lowest BCUT2D eigenvalue weighted by atomic mass is 10.1. The number of carbonyl (C=O) groups excluding carboxylic acids is 3. The van der Waals surface area contributed by atoms with Crippen LogP contribution in [0.5, 0.6) is 5.75 Å². The highest BCUT2D eigenvalue weighted by atomic mass is 16.5. The quantitative estimate of drug-likeness (QED) is 0.709. The summed E-state index contributed by atoms with van der Waals surface area (Å²) in [5, 5.41) is 3.00. The molecule has 7 nitrogen and oxygen atoms in total. The third-order valence-corrected chi connectivity index (χ3v) is 5.42. The summed E-state index contributed by atoms with van der Waals surface area (Å²) in [5.74, 6) is -0.425. The van der Waals surface area contributed by atoms with E-state index in [0.717, 1.165) is 31.2 Å². The van der Waals surface area contributed by atoms with Crippen LogP contribution in [0, 0.1) is 12.8 Å². The molecule has 1 aliphatic heterocycles. The lowest BCUT2D eigenvalue weighted by molar-refractivity contribution is -0.158. The van der Waals surface area contributed by atoms with Crippen molar-refractivity contribution in [2.24, 2.45) is 5.92 Å². The summed E-state index contributed by atoms with van der Waals surface area (Å²) in [6.45, 7) is 5.78. The molecule has 0 saturated heterocycles. The van der Waals surface area contributed by atoms with Gasteiger partial charge in [0, 0.05) is 12.6 Å². The van der Waals surface area contributed by atoms with E-state index in [1.807, 2.05) is 39.0 Å². The largest absolute Gasteiger partial charge is 0.482 e. The fourth-order valence-electron chi connectivity index (χ4n) is 3.81. The molecular weight excluding hydrogens is 372 g/mol. The third kappa shape index (κ3) is 5.28. The molecule has 3 rings (SSSR count). The Morgan fingerprint density at radius 1 is 1.28 bits per heavy atom. The van der Waals surface area contributed by atoms with Gasteiger partial charge in [0.25, 0.3) is 11.8 Å². The maximum atomic E-state index is 12.6. The van der Waals surface area contributed by atoms with Crippen LogP contribution in [0.1, 0.15) is 51.5 Å². The summed E-state index contributed by atoms with van der Waals surface area (Å²) >= 11 is 0. The number of fused-ring (bicyclic) bond motifs is 1. The van der Waals surface area contributed by atoms with Crippen LogP contribution in [0.4, 0.5) is 5.69 Å². The molecule has 2 aliphatic rings. The molecule has 1 atom stereocenters. The number of anilines is 1. The molecule has 1 unspecified atom stereocenters. The smallest absolute Gasteiger partial charge is 0.308 e. The lowest BCUT2D eigenvalue weighted by Crippen LogP contribution is -2.45. The Morgan fingerprint density at radius 2 is 2.00 bits per heavy atom. The third-order valence-electron chi connectivity index (χ3n) is 5.42. The van der Waals surface area contributed by atoms with Gasteiger partial charge < -0.3 is 19.7 Å². The van der Waals surface area contributed by atoms with Gasteiger partial charge in [-0.3, -0.25) is 14.4 Å². The molecule has 1 aromatic rings. The minimum absolute atomic E-state index is 0.0129. The normalized spacial score (nSPS) is 17.7. The van der Waals surface area contributed by atoms with Crippen LogP contribution < -0.4 is 15.0 Å². The second-order valence-electron chi connectivity index (χ2n) is 8.20. The summed E-state index contributed by atoms with van der Waals surface area (Å²) in [7, 11) is 0. The number of nitrogens with zero attached hydrogens (tertiary/aromatic N) is 1. The van der Waals surface area contributed by atoms with E-state index in [1.54, 1.807) is 4.90 Å². The number of ether oxygens (including phenoxy) is 2. The van der Waals surface area contributed by atoms with Crippen molar-refractivity contribution < 1.29 is 23.9 Å². The average Bonchev–Trinajstić information content (AvgIpc) is 3.18. The predicted molar refractivity (Wildman–Crippen MR) is 109 cm³/mol. The molecule has 1 fully saturated rings. The molecule has 1 saturated carbocycles. The van der Waals surface area contributed by atoms with Crippen molar-refractivity contribution in [3.8, 4) is 5.75 Å². The Hall–Kier alpha value is -2.57. The van der Waals surface area contributed by atoms with Crippen LogP contribution in [-0.4, -0.2) is 43.1 Å². The van der Waals surface area contributed by atoms with Crippen molar-refractivity contribution in [1.29, 1.82) is 0 Å². The Balaban J connectivity index is 1.58. The maximum absolute atomic E-state index is 12.6. The van der Waals surface area contributed by atoms with Gasteiger partial charge in [-0.1, -0.05) is 32.8 Å². The monoisotopic (exact) mass is 402 g/mol. The molecular formula is C22H30N2O5. The Bertz CT molecular complexity index is 770. The van der Waals surface area contributed by atoms with Crippen LogP contribution in [0.15, 0.2) is 18.2 Å². The highest BCUT2D eigenvalue weighted by Crippen LogP contribution is 2.33. The van der Waals surface area contributed by atoms with E-state index in [4.69, 9.17) is 9.47 Å². The van der Waals surface area contributed by atoms with Gasteiger partial charge in [-0.25, -0.2) is 0 Å². The maximum Gasteiger partial charge on any atom is 0.308 e. The number of rotatable bonds is 7.